The zero-order chi connectivity index (χ0) is 16.9. The van der Waals surface area contributed by atoms with E-state index in [9.17, 15) is 4.79 Å². The maximum Gasteiger partial charge on any atom is 0.236 e. The Bertz CT molecular complexity index is 758. The summed E-state index contributed by atoms with van der Waals surface area (Å²) in [7, 11) is 0. The molecule has 5 heteroatoms. The molecule has 0 aliphatic carbocycles. The summed E-state index contributed by atoms with van der Waals surface area (Å²) in [5.74, 6) is -1.37. The molecule has 0 saturated carbocycles. The number of nitrogens with one attached hydrogen (secondary N) is 2. The molecule has 0 aromatic heterocycles. The highest BCUT2D eigenvalue weighted by Gasteiger charge is 2.32. The number of nitrogens with zero attached hydrogens (tertiary/aromatic N) is 1. The van der Waals surface area contributed by atoms with E-state index in [1.165, 1.54) is 11.1 Å². The molecule has 2 aromatic rings. The quantitative estimate of drug-likeness (QED) is 0.786. The van der Waals surface area contributed by atoms with E-state index in [2.05, 4.69) is 34.9 Å². The Hall–Kier alpha value is -2.68. The highest BCUT2D eigenvalue weighted by molar-refractivity contribution is 5.80. The number of carbonyl (C=O) groups is 1. The van der Waals surface area contributed by atoms with Crippen molar-refractivity contribution in [3.05, 3.63) is 70.8 Å². The van der Waals surface area contributed by atoms with E-state index >= 15 is 0 Å². The number of nitriles is 1. The second-order valence-electron chi connectivity index (χ2n) is 5.94. The molecule has 2 aromatic carbocycles. The van der Waals surface area contributed by atoms with Gasteiger partial charge in [-0.2, -0.15) is 5.26 Å². The fourth-order valence-corrected chi connectivity index (χ4v) is 3.16. The van der Waals surface area contributed by atoms with E-state index in [-0.39, 0.29) is 6.04 Å². The van der Waals surface area contributed by atoms with Crippen LogP contribution in [-0.4, -0.2) is 5.91 Å². The van der Waals surface area contributed by atoms with Crippen molar-refractivity contribution in [3.8, 4) is 6.07 Å². The molecule has 0 radical (unpaired) electrons. The molecule has 4 N–H and O–H groups in total. The molecule has 2 atom stereocenters. The van der Waals surface area contributed by atoms with Gasteiger partial charge in [0.25, 0.3) is 0 Å². The minimum Gasteiger partial charge on any atom is -0.368 e. The Balaban J connectivity index is 0.000000159. The summed E-state index contributed by atoms with van der Waals surface area (Å²) in [5, 5.41) is 15.3. The van der Waals surface area contributed by atoms with E-state index < -0.39 is 11.8 Å². The van der Waals surface area contributed by atoms with Gasteiger partial charge in [0, 0.05) is 19.6 Å². The molecule has 4 rings (SSSR count). The topological polar surface area (TPSA) is 90.9 Å². The summed E-state index contributed by atoms with van der Waals surface area (Å²) in [6, 6.07) is 18.0. The van der Waals surface area contributed by atoms with Gasteiger partial charge in [-0.15, -0.1) is 0 Å². The molecule has 122 valence electrons. The SMILES string of the molecule is N#CC(C(N)=O)C1NCc2ccccc21.c1ccc2c(c1)CNC2. The minimum atomic E-state index is -0.798. The molecule has 0 saturated heterocycles. The van der Waals surface area contributed by atoms with Crippen molar-refractivity contribution in [2.75, 3.05) is 0 Å². The first-order valence-corrected chi connectivity index (χ1v) is 7.98. The Morgan fingerprint density at radius 3 is 2.21 bits per heavy atom. The van der Waals surface area contributed by atoms with Crippen molar-refractivity contribution < 1.29 is 4.79 Å². The van der Waals surface area contributed by atoms with Crippen LogP contribution in [0.3, 0.4) is 0 Å². The predicted octanol–water partition coefficient (Wildman–Crippen LogP) is 1.75. The van der Waals surface area contributed by atoms with Crippen LogP contribution in [0.25, 0.3) is 0 Å². The number of carbonyl (C=O) groups excluding carboxylic acids is 1. The average molecular weight is 320 g/mol. The van der Waals surface area contributed by atoms with E-state index in [0.717, 1.165) is 24.2 Å². The predicted molar refractivity (Wildman–Crippen MR) is 91.3 cm³/mol. The molecular weight excluding hydrogens is 300 g/mol. The molecular formula is C19H20N4O. The zero-order valence-electron chi connectivity index (χ0n) is 13.3. The molecule has 0 spiro atoms. The molecule has 5 nitrogen and oxygen atoms in total. The van der Waals surface area contributed by atoms with Crippen molar-refractivity contribution in [1.29, 1.82) is 5.26 Å². The van der Waals surface area contributed by atoms with Crippen molar-refractivity contribution in [3.63, 3.8) is 0 Å². The number of hydrogen-bond donors (Lipinski definition) is 3. The van der Waals surface area contributed by atoms with Crippen LogP contribution in [0.5, 0.6) is 0 Å². The number of rotatable bonds is 2. The molecule has 1 amide bonds. The van der Waals surface area contributed by atoms with Crippen LogP contribution in [0, 0.1) is 17.2 Å². The number of fused-ring (bicyclic) bond motifs is 2. The van der Waals surface area contributed by atoms with Gasteiger partial charge >= 0.3 is 0 Å². The highest BCUT2D eigenvalue weighted by atomic mass is 16.1. The van der Waals surface area contributed by atoms with Crippen LogP contribution in [-0.2, 0) is 24.4 Å². The fourth-order valence-electron chi connectivity index (χ4n) is 3.16. The molecule has 0 fully saturated rings. The minimum absolute atomic E-state index is 0.260. The molecule has 2 unspecified atom stereocenters. The zero-order valence-corrected chi connectivity index (χ0v) is 13.3. The number of nitrogens with two attached hydrogens (primary N) is 1. The van der Waals surface area contributed by atoms with Gasteiger partial charge in [-0.25, -0.2) is 0 Å². The van der Waals surface area contributed by atoms with Gasteiger partial charge in [0.15, 0.2) is 0 Å². The van der Waals surface area contributed by atoms with Crippen LogP contribution in [0.15, 0.2) is 48.5 Å². The second kappa shape index (κ2) is 7.26. The van der Waals surface area contributed by atoms with Crippen LogP contribution in [0.4, 0.5) is 0 Å². The third-order valence-electron chi connectivity index (χ3n) is 4.43. The smallest absolute Gasteiger partial charge is 0.236 e. The van der Waals surface area contributed by atoms with Crippen LogP contribution >= 0.6 is 0 Å². The summed E-state index contributed by atoms with van der Waals surface area (Å²) >= 11 is 0. The molecule has 0 bridgehead atoms. The molecule has 2 aliphatic rings. The first-order valence-electron chi connectivity index (χ1n) is 7.98. The number of benzene rings is 2. The lowest BCUT2D eigenvalue weighted by molar-refractivity contribution is -0.120. The first-order chi connectivity index (χ1) is 11.7. The lowest BCUT2D eigenvalue weighted by Crippen LogP contribution is -2.32. The van der Waals surface area contributed by atoms with Crippen molar-refractivity contribution >= 4 is 5.91 Å². The monoisotopic (exact) mass is 320 g/mol. The standard InChI is InChI=1S/C11H11N3O.C8H9N/c12-5-9(11(13)15)10-8-4-2-1-3-7(8)6-14-10;1-2-4-8-6-9-5-7(8)3-1/h1-4,9-10,14H,6H2,(H2,13,15);1-4,9H,5-6H2. The van der Waals surface area contributed by atoms with E-state index in [0.29, 0.717) is 6.54 Å². The molecule has 2 heterocycles. The van der Waals surface area contributed by atoms with Gasteiger partial charge in [0.2, 0.25) is 5.91 Å². The summed E-state index contributed by atoms with van der Waals surface area (Å²) in [5.41, 5.74) is 10.2. The first kappa shape index (κ1) is 16.2. The lowest BCUT2D eigenvalue weighted by Gasteiger charge is -2.14. The van der Waals surface area contributed by atoms with Gasteiger partial charge < -0.3 is 16.4 Å². The number of amides is 1. The van der Waals surface area contributed by atoms with Crippen LogP contribution < -0.4 is 16.4 Å². The summed E-state index contributed by atoms with van der Waals surface area (Å²) in [6.45, 7) is 2.79. The van der Waals surface area contributed by atoms with E-state index in [4.69, 9.17) is 11.0 Å². The van der Waals surface area contributed by atoms with Crippen LogP contribution in [0.2, 0.25) is 0 Å². The van der Waals surface area contributed by atoms with Crippen molar-refractivity contribution in [1.82, 2.24) is 10.6 Å². The maximum absolute atomic E-state index is 11.1. The summed E-state index contributed by atoms with van der Waals surface area (Å²) < 4.78 is 0. The van der Waals surface area contributed by atoms with Gasteiger partial charge in [-0.3, -0.25) is 4.79 Å². The highest BCUT2D eigenvalue weighted by Crippen LogP contribution is 2.30. The fraction of sp³-hybridized carbons (Fsp3) is 0.263. The normalized spacial score (nSPS) is 18.5. The Morgan fingerprint density at radius 1 is 1.04 bits per heavy atom. The number of hydrogen-bond acceptors (Lipinski definition) is 4. The Labute approximate surface area is 141 Å². The second-order valence-corrected chi connectivity index (χ2v) is 5.94. The Morgan fingerprint density at radius 2 is 1.62 bits per heavy atom. The summed E-state index contributed by atoms with van der Waals surface area (Å²) in [4.78, 5) is 11.1. The van der Waals surface area contributed by atoms with Gasteiger partial charge in [0.1, 0.15) is 5.92 Å². The van der Waals surface area contributed by atoms with Gasteiger partial charge in [0.05, 0.1) is 12.1 Å². The molecule has 2 aliphatic heterocycles. The largest absolute Gasteiger partial charge is 0.368 e. The van der Waals surface area contributed by atoms with E-state index in [1.54, 1.807) is 0 Å². The molecule has 24 heavy (non-hydrogen) atoms. The number of primary amides is 1. The van der Waals surface area contributed by atoms with Gasteiger partial charge in [-0.1, -0.05) is 48.5 Å². The summed E-state index contributed by atoms with van der Waals surface area (Å²) in [6.07, 6.45) is 0. The lowest BCUT2D eigenvalue weighted by atomic mass is 9.94. The van der Waals surface area contributed by atoms with E-state index in [1.807, 2.05) is 30.3 Å². The van der Waals surface area contributed by atoms with Crippen molar-refractivity contribution in [2.24, 2.45) is 11.7 Å². The van der Waals surface area contributed by atoms with Gasteiger partial charge in [-0.05, 0) is 22.3 Å². The third kappa shape index (κ3) is 3.30. The van der Waals surface area contributed by atoms with Crippen molar-refractivity contribution in [2.45, 2.75) is 25.7 Å². The average Bonchev–Trinajstić information content (AvgIpc) is 3.23. The maximum atomic E-state index is 11.1. The van der Waals surface area contributed by atoms with Crippen LogP contribution in [0.1, 0.15) is 28.3 Å². The third-order valence-corrected chi connectivity index (χ3v) is 4.43. The Kier molecular flexibility index (Phi) is 4.90.